The maximum absolute atomic E-state index is 10.9. The first-order valence-electron chi connectivity index (χ1n) is 4.91. The van der Waals surface area contributed by atoms with Crippen molar-refractivity contribution in [3.63, 3.8) is 0 Å². The Balaban J connectivity index is 0.00000225. The van der Waals surface area contributed by atoms with Crippen molar-refractivity contribution in [3.8, 4) is 0 Å². The summed E-state index contributed by atoms with van der Waals surface area (Å²) in [7, 11) is 0. The minimum absolute atomic E-state index is 0. The van der Waals surface area contributed by atoms with E-state index >= 15 is 0 Å². The molecule has 1 rings (SSSR count). The number of hydrogen-bond acceptors (Lipinski definition) is 3. The molecule has 0 radical (unpaired) electrons. The van der Waals surface area contributed by atoms with Gasteiger partial charge in [0, 0.05) is 16.7 Å². The van der Waals surface area contributed by atoms with Crippen LogP contribution < -0.4 is 11.1 Å². The Morgan fingerprint density at radius 3 is 2.62 bits per heavy atom. The van der Waals surface area contributed by atoms with Crippen LogP contribution in [-0.2, 0) is 4.79 Å². The topological polar surface area (TPSA) is 55.1 Å². The molecule has 1 unspecified atom stereocenters. The quantitative estimate of drug-likeness (QED) is 0.792. The van der Waals surface area contributed by atoms with Crippen molar-refractivity contribution < 1.29 is 4.79 Å². The van der Waals surface area contributed by atoms with E-state index in [1.807, 2.05) is 18.2 Å². The van der Waals surface area contributed by atoms with Crippen molar-refractivity contribution in [2.75, 3.05) is 13.1 Å². The molecule has 1 aromatic carbocycles. The molecule has 16 heavy (non-hydrogen) atoms. The molecule has 1 atom stereocenters. The van der Waals surface area contributed by atoms with Gasteiger partial charge in [-0.3, -0.25) is 4.79 Å². The molecule has 0 aliphatic heterocycles. The molecule has 0 aliphatic carbocycles. The summed E-state index contributed by atoms with van der Waals surface area (Å²) < 4.78 is 0. The summed E-state index contributed by atoms with van der Waals surface area (Å²) in [5.41, 5.74) is 5.19. The van der Waals surface area contributed by atoms with Crippen LogP contribution in [0.5, 0.6) is 0 Å². The lowest BCUT2D eigenvalue weighted by Crippen LogP contribution is -2.34. The number of hydrogen-bond donors (Lipinski definition) is 2. The van der Waals surface area contributed by atoms with Gasteiger partial charge in [0.05, 0.1) is 6.54 Å². The van der Waals surface area contributed by atoms with Crippen LogP contribution >= 0.6 is 24.2 Å². The lowest BCUT2D eigenvalue weighted by molar-refractivity contribution is -0.119. The number of amides is 1. The van der Waals surface area contributed by atoms with Gasteiger partial charge in [0.2, 0.25) is 5.91 Å². The van der Waals surface area contributed by atoms with Crippen LogP contribution in [0.2, 0.25) is 0 Å². The number of rotatable bonds is 5. The fourth-order valence-electron chi connectivity index (χ4n) is 1.10. The maximum atomic E-state index is 10.9. The van der Waals surface area contributed by atoms with Crippen molar-refractivity contribution in [1.82, 2.24) is 5.32 Å². The van der Waals surface area contributed by atoms with Crippen LogP contribution in [0.3, 0.4) is 0 Å². The van der Waals surface area contributed by atoms with Crippen molar-refractivity contribution in [2.24, 2.45) is 5.73 Å². The standard InChI is InChI=1S/C11H16N2OS.ClH/c1-9(8-13-11(14)7-12)15-10-5-3-2-4-6-10;/h2-6,9H,7-8,12H2,1H3,(H,13,14);1H. The molecule has 0 saturated carbocycles. The number of benzene rings is 1. The fourth-order valence-corrected chi connectivity index (χ4v) is 2.05. The average molecular weight is 261 g/mol. The van der Waals surface area contributed by atoms with E-state index in [4.69, 9.17) is 5.73 Å². The van der Waals surface area contributed by atoms with Gasteiger partial charge in [-0.2, -0.15) is 0 Å². The molecule has 0 saturated heterocycles. The maximum Gasteiger partial charge on any atom is 0.233 e. The van der Waals surface area contributed by atoms with Crippen molar-refractivity contribution in [2.45, 2.75) is 17.1 Å². The van der Waals surface area contributed by atoms with Gasteiger partial charge in [-0.15, -0.1) is 24.2 Å². The van der Waals surface area contributed by atoms with Crippen LogP contribution in [0.4, 0.5) is 0 Å². The summed E-state index contributed by atoms with van der Waals surface area (Å²) in [6, 6.07) is 10.1. The van der Waals surface area contributed by atoms with E-state index in [1.165, 1.54) is 4.90 Å². The second-order valence-electron chi connectivity index (χ2n) is 3.25. The highest BCUT2D eigenvalue weighted by Gasteiger charge is 2.05. The zero-order valence-electron chi connectivity index (χ0n) is 9.18. The van der Waals surface area contributed by atoms with E-state index < -0.39 is 0 Å². The molecule has 0 bridgehead atoms. The third kappa shape index (κ3) is 6.00. The molecule has 3 N–H and O–H groups in total. The summed E-state index contributed by atoms with van der Waals surface area (Å²) in [5, 5.41) is 3.12. The Kier molecular flexibility index (Phi) is 8.07. The molecule has 1 amide bonds. The summed E-state index contributed by atoms with van der Waals surface area (Å²) in [5.74, 6) is -0.101. The summed E-state index contributed by atoms with van der Waals surface area (Å²) >= 11 is 1.74. The monoisotopic (exact) mass is 260 g/mol. The molecule has 0 aromatic heterocycles. The van der Waals surface area contributed by atoms with E-state index in [0.29, 0.717) is 11.8 Å². The fraction of sp³-hybridized carbons (Fsp3) is 0.364. The number of carbonyl (C=O) groups excluding carboxylic acids is 1. The minimum Gasteiger partial charge on any atom is -0.354 e. The van der Waals surface area contributed by atoms with Crippen molar-refractivity contribution in [3.05, 3.63) is 30.3 Å². The number of nitrogens with two attached hydrogens (primary N) is 1. The molecule has 5 heteroatoms. The predicted molar refractivity (Wildman–Crippen MR) is 71.1 cm³/mol. The lowest BCUT2D eigenvalue weighted by atomic mass is 10.4. The van der Waals surface area contributed by atoms with E-state index in [1.54, 1.807) is 11.8 Å². The zero-order valence-corrected chi connectivity index (χ0v) is 10.8. The smallest absolute Gasteiger partial charge is 0.233 e. The van der Waals surface area contributed by atoms with Crippen LogP contribution in [0.1, 0.15) is 6.92 Å². The molecular weight excluding hydrogens is 244 g/mol. The van der Waals surface area contributed by atoms with Gasteiger partial charge in [-0.05, 0) is 12.1 Å². The minimum atomic E-state index is -0.101. The molecule has 0 aliphatic rings. The second-order valence-corrected chi connectivity index (χ2v) is 4.76. The SMILES string of the molecule is CC(CNC(=O)CN)Sc1ccccc1.Cl. The molecule has 0 heterocycles. The number of halogens is 1. The predicted octanol–water partition coefficient (Wildman–Crippen LogP) is 1.66. The number of nitrogens with one attached hydrogen (secondary N) is 1. The second kappa shape index (κ2) is 8.44. The van der Waals surface area contributed by atoms with Crippen molar-refractivity contribution >= 4 is 30.1 Å². The van der Waals surface area contributed by atoms with E-state index in [2.05, 4.69) is 24.4 Å². The van der Waals surface area contributed by atoms with Gasteiger partial charge < -0.3 is 11.1 Å². The van der Waals surface area contributed by atoms with Crippen molar-refractivity contribution in [1.29, 1.82) is 0 Å². The van der Waals surface area contributed by atoms with Crippen LogP contribution in [0.15, 0.2) is 35.2 Å². The number of carbonyl (C=O) groups is 1. The summed E-state index contributed by atoms with van der Waals surface area (Å²) in [6.07, 6.45) is 0. The average Bonchev–Trinajstić information content (AvgIpc) is 2.27. The first-order chi connectivity index (χ1) is 7.22. The van der Waals surface area contributed by atoms with Crippen LogP contribution in [0.25, 0.3) is 0 Å². The van der Waals surface area contributed by atoms with Gasteiger partial charge >= 0.3 is 0 Å². The Bertz CT molecular complexity index is 308. The number of thioether (sulfide) groups is 1. The van der Waals surface area contributed by atoms with Crippen LogP contribution in [-0.4, -0.2) is 24.2 Å². The van der Waals surface area contributed by atoms with Crippen LogP contribution in [0, 0.1) is 0 Å². The van der Waals surface area contributed by atoms with Gasteiger partial charge in [0.25, 0.3) is 0 Å². The lowest BCUT2D eigenvalue weighted by Gasteiger charge is -2.11. The Labute approximate surface area is 107 Å². The van der Waals surface area contributed by atoms with Gasteiger partial charge in [0.1, 0.15) is 0 Å². The Hall–Kier alpha value is -0.710. The Morgan fingerprint density at radius 1 is 1.44 bits per heavy atom. The third-order valence-electron chi connectivity index (χ3n) is 1.85. The van der Waals surface area contributed by atoms with Gasteiger partial charge in [-0.25, -0.2) is 0 Å². The summed E-state index contributed by atoms with van der Waals surface area (Å²) in [4.78, 5) is 12.1. The normalized spacial score (nSPS) is 11.4. The first kappa shape index (κ1) is 15.3. The Morgan fingerprint density at radius 2 is 2.06 bits per heavy atom. The van der Waals surface area contributed by atoms with E-state index in [0.717, 1.165) is 0 Å². The third-order valence-corrected chi connectivity index (χ3v) is 2.97. The van der Waals surface area contributed by atoms with E-state index in [9.17, 15) is 4.79 Å². The highest BCUT2D eigenvalue weighted by atomic mass is 35.5. The molecule has 3 nitrogen and oxygen atoms in total. The molecular formula is C11H17ClN2OS. The summed E-state index contributed by atoms with van der Waals surface area (Å²) in [6.45, 7) is 2.78. The molecule has 0 fully saturated rings. The molecule has 90 valence electrons. The van der Waals surface area contributed by atoms with Gasteiger partial charge in [0.15, 0.2) is 0 Å². The molecule has 0 spiro atoms. The first-order valence-corrected chi connectivity index (χ1v) is 5.79. The molecule has 1 aromatic rings. The van der Waals surface area contributed by atoms with Gasteiger partial charge in [-0.1, -0.05) is 25.1 Å². The zero-order chi connectivity index (χ0) is 11.1. The largest absolute Gasteiger partial charge is 0.354 e. The highest BCUT2D eigenvalue weighted by Crippen LogP contribution is 2.21. The van der Waals surface area contributed by atoms with E-state index in [-0.39, 0.29) is 24.9 Å². The highest BCUT2D eigenvalue weighted by molar-refractivity contribution is 8.00.